The van der Waals surface area contributed by atoms with E-state index in [2.05, 4.69) is 22.6 Å². The van der Waals surface area contributed by atoms with Crippen LogP contribution in [0.3, 0.4) is 0 Å². The molecule has 3 nitrogen and oxygen atoms in total. The van der Waals surface area contributed by atoms with Crippen molar-refractivity contribution >= 4 is 5.97 Å². The predicted molar refractivity (Wildman–Crippen MR) is 88.5 cm³/mol. The lowest BCUT2D eigenvalue weighted by Crippen LogP contribution is -2.01. The molecule has 0 aliphatic heterocycles. The molecule has 0 unspecified atom stereocenters. The molecule has 0 spiro atoms. The molecule has 0 heterocycles. The van der Waals surface area contributed by atoms with Gasteiger partial charge in [-0.25, -0.2) is 0 Å². The highest BCUT2D eigenvalue weighted by atomic mass is 16.5. The maximum atomic E-state index is 11.1. The lowest BCUT2D eigenvalue weighted by Gasteiger charge is -2.01. The van der Waals surface area contributed by atoms with E-state index in [1.165, 1.54) is 7.11 Å². The van der Waals surface area contributed by atoms with E-state index in [0.717, 1.165) is 22.3 Å². The largest absolute Gasteiger partial charge is 0.469 e. The van der Waals surface area contributed by atoms with Crippen molar-refractivity contribution in [3.63, 3.8) is 0 Å². The van der Waals surface area contributed by atoms with Crippen molar-refractivity contribution in [2.45, 2.75) is 19.3 Å². The Labute approximate surface area is 136 Å². The van der Waals surface area contributed by atoms with Gasteiger partial charge in [-0.3, -0.25) is 4.79 Å². The molecule has 2 aromatic rings. The monoisotopic (exact) mass is 303 g/mol. The molecule has 0 aliphatic carbocycles. The number of methoxy groups -OCH3 is 1. The van der Waals surface area contributed by atoms with Gasteiger partial charge in [-0.05, 0) is 35.7 Å². The number of hydrogen-bond acceptors (Lipinski definition) is 3. The SMILES string of the molecule is COC(=O)CCc1ccc(C#Cc2ccccc2CC#N)cc1. The topological polar surface area (TPSA) is 50.1 Å². The zero-order chi connectivity index (χ0) is 16.5. The van der Waals surface area contributed by atoms with E-state index < -0.39 is 0 Å². The number of ether oxygens (including phenoxy) is 1. The third-order valence-corrected chi connectivity index (χ3v) is 3.43. The minimum Gasteiger partial charge on any atom is -0.469 e. The first-order valence-corrected chi connectivity index (χ1v) is 7.35. The molecular formula is C20H17NO2. The van der Waals surface area contributed by atoms with Gasteiger partial charge in [0.15, 0.2) is 0 Å². The van der Waals surface area contributed by atoms with Gasteiger partial charge in [0, 0.05) is 17.5 Å². The number of aryl methyl sites for hydroxylation is 1. The zero-order valence-electron chi connectivity index (χ0n) is 13.0. The number of esters is 1. The summed E-state index contributed by atoms with van der Waals surface area (Å²) in [5, 5.41) is 8.84. The predicted octanol–water partition coefficient (Wildman–Crippen LogP) is 3.26. The Morgan fingerprint density at radius 3 is 2.52 bits per heavy atom. The van der Waals surface area contributed by atoms with E-state index in [0.29, 0.717) is 19.3 Å². The molecule has 0 radical (unpaired) electrons. The van der Waals surface area contributed by atoms with Crippen molar-refractivity contribution in [1.82, 2.24) is 0 Å². The van der Waals surface area contributed by atoms with Crippen LogP contribution in [0.1, 0.15) is 28.7 Å². The number of hydrogen-bond donors (Lipinski definition) is 0. The average molecular weight is 303 g/mol. The van der Waals surface area contributed by atoms with Crippen LogP contribution in [0.5, 0.6) is 0 Å². The summed E-state index contributed by atoms with van der Waals surface area (Å²) in [6, 6.07) is 17.6. The van der Waals surface area contributed by atoms with Crippen LogP contribution in [-0.4, -0.2) is 13.1 Å². The second-order valence-electron chi connectivity index (χ2n) is 5.02. The molecule has 0 N–H and O–H groups in total. The molecular weight excluding hydrogens is 286 g/mol. The van der Waals surface area contributed by atoms with Crippen molar-refractivity contribution in [2.24, 2.45) is 0 Å². The first-order valence-electron chi connectivity index (χ1n) is 7.35. The maximum Gasteiger partial charge on any atom is 0.305 e. The fourth-order valence-electron chi connectivity index (χ4n) is 2.12. The van der Waals surface area contributed by atoms with E-state index >= 15 is 0 Å². The summed E-state index contributed by atoms with van der Waals surface area (Å²) in [7, 11) is 1.39. The van der Waals surface area contributed by atoms with Gasteiger partial charge in [-0.1, -0.05) is 42.2 Å². The highest BCUT2D eigenvalue weighted by molar-refractivity contribution is 5.69. The quantitative estimate of drug-likeness (QED) is 0.643. The Hall–Kier alpha value is -3.04. The van der Waals surface area contributed by atoms with Gasteiger partial charge in [0.05, 0.1) is 19.6 Å². The Balaban J connectivity index is 2.08. The lowest BCUT2D eigenvalue weighted by atomic mass is 10.0. The molecule has 0 saturated heterocycles. The highest BCUT2D eigenvalue weighted by Gasteiger charge is 2.01. The maximum absolute atomic E-state index is 11.1. The molecule has 3 heteroatoms. The Bertz CT molecular complexity index is 774. The van der Waals surface area contributed by atoms with Gasteiger partial charge in [-0.2, -0.15) is 5.26 Å². The first kappa shape index (κ1) is 16.3. The van der Waals surface area contributed by atoms with Crippen LogP contribution in [0.15, 0.2) is 48.5 Å². The van der Waals surface area contributed by atoms with Gasteiger partial charge in [-0.15, -0.1) is 0 Å². The summed E-state index contributed by atoms with van der Waals surface area (Å²) in [6.07, 6.45) is 1.39. The van der Waals surface area contributed by atoms with E-state index in [4.69, 9.17) is 5.26 Å². The molecule has 0 aliphatic rings. The molecule has 0 fully saturated rings. The molecule has 114 valence electrons. The minimum atomic E-state index is -0.206. The molecule has 0 bridgehead atoms. The lowest BCUT2D eigenvalue weighted by molar-refractivity contribution is -0.140. The summed E-state index contributed by atoms with van der Waals surface area (Å²) >= 11 is 0. The summed E-state index contributed by atoms with van der Waals surface area (Å²) < 4.78 is 4.63. The van der Waals surface area contributed by atoms with Gasteiger partial charge < -0.3 is 4.74 Å². The number of benzene rings is 2. The van der Waals surface area contributed by atoms with Crippen LogP contribution < -0.4 is 0 Å². The molecule has 0 amide bonds. The fraction of sp³-hybridized carbons (Fsp3) is 0.200. The van der Waals surface area contributed by atoms with Gasteiger partial charge in [0.1, 0.15) is 0 Å². The van der Waals surface area contributed by atoms with Crippen LogP contribution in [-0.2, 0) is 22.4 Å². The van der Waals surface area contributed by atoms with E-state index in [1.54, 1.807) is 0 Å². The second kappa shape index (κ2) is 8.41. The summed E-state index contributed by atoms with van der Waals surface area (Å²) in [6.45, 7) is 0. The van der Waals surface area contributed by atoms with Crippen molar-refractivity contribution in [3.8, 4) is 17.9 Å². The van der Waals surface area contributed by atoms with Gasteiger partial charge >= 0.3 is 5.97 Å². The number of carbonyl (C=O) groups is 1. The van der Waals surface area contributed by atoms with Crippen LogP contribution in [0.4, 0.5) is 0 Å². The van der Waals surface area contributed by atoms with Crippen molar-refractivity contribution in [1.29, 1.82) is 5.26 Å². The molecule has 2 aromatic carbocycles. The van der Waals surface area contributed by atoms with Crippen LogP contribution in [0.25, 0.3) is 0 Å². The smallest absolute Gasteiger partial charge is 0.305 e. The van der Waals surface area contributed by atoms with E-state index in [-0.39, 0.29) is 5.97 Å². The summed E-state index contributed by atoms with van der Waals surface area (Å²) in [4.78, 5) is 11.1. The van der Waals surface area contributed by atoms with Gasteiger partial charge in [0.25, 0.3) is 0 Å². The Morgan fingerprint density at radius 2 is 1.83 bits per heavy atom. The molecule has 2 rings (SSSR count). The van der Waals surface area contributed by atoms with Crippen LogP contribution >= 0.6 is 0 Å². The fourth-order valence-corrected chi connectivity index (χ4v) is 2.12. The zero-order valence-corrected chi connectivity index (χ0v) is 13.0. The third kappa shape index (κ3) is 5.02. The number of carbonyl (C=O) groups excluding carboxylic acids is 1. The van der Waals surface area contributed by atoms with Crippen LogP contribution in [0, 0.1) is 23.2 Å². The molecule has 0 atom stereocenters. The standard InChI is InChI=1S/C20H17NO2/c1-23-20(22)13-11-17-8-6-16(7-9-17)10-12-18-4-2-3-5-19(18)14-15-21/h2-9H,11,13-14H2,1H3. The Morgan fingerprint density at radius 1 is 1.09 bits per heavy atom. The minimum absolute atomic E-state index is 0.206. The van der Waals surface area contributed by atoms with Crippen molar-refractivity contribution in [3.05, 3.63) is 70.8 Å². The van der Waals surface area contributed by atoms with E-state index in [1.807, 2.05) is 48.5 Å². The van der Waals surface area contributed by atoms with Crippen molar-refractivity contribution < 1.29 is 9.53 Å². The molecule has 0 aromatic heterocycles. The summed E-state index contributed by atoms with van der Waals surface area (Å²) in [5.74, 6) is 6.02. The highest BCUT2D eigenvalue weighted by Crippen LogP contribution is 2.09. The molecule has 23 heavy (non-hydrogen) atoms. The number of nitrogens with zero attached hydrogens (tertiary/aromatic N) is 1. The third-order valence-electron chi connectivity index (χ3n) is 3.43. The second-order valence-corrected chi connectivity index (χ2v) is 5.02. The number of rotatable bonds is 4. The molecule has 0 saturated carbocycles. The average Bonchev–Trinajstić information content (AvgIpc) is 2.60. The van der Waals surface area contributed by atoms with E-state index in [9.17, 15) is 4.79 Å². The van der Waals surface area contributed by atoms with Crippen LogP contribution in [0.2, 0.25) is 0 Å². The van der Waals surface area contributed by atoms with Gasteiger partial charge in [0.2, 0.25) is 0 Å². The van der Waals surface area contributed by atoms with Crippen molar-refractivity contribution in [2.75, 3.05) is 7.11 Å². The normalized spacial score (nSPS) is 9.39. The first-order chi connectivity index (χ1) is 11.2. The summed E-state index contributed by atoms with van der Waals surface area (Å²) in [5.41, 5.74) is 3.80. The number of nitriles is 1. The Kier molecular flexibility index (Phi) is 5.98.